The number of likely N-dealkylation sites (tertiary alicyclic amines) is 1. The first-order valence-electron chi connectivity index (χ1n) is 16.4. The Hall–Kier alpha value is -4.05. The van der Waals surface area contributed by atoms with Crippen molar-refractivity contribution in [2.24, 2.45) is 0 Å². The number of carbonyl (C=O) groups is 1. The Labute approximate surface area is 271 Å². The number of Topliss-reactive ketones (excluding diaryl/α,β-unsaturated/α-hetero) is 1. The van der Waals surface area contributed by atoms with Crippen molar-refractivity contribution in [2.45, 2.75) is 77.9 Å². The lowest BCUT2D eigenvalue weighted by Crippen LogP contribution is -2.37. The molecule has 1 saturated heterocycles. The van der Waals surface area contributed by atoms with Gasteiger partial charge in [0.15, 0.2) is 17.9 Å². The maximum Gasteiger partial charge on any atom is 0.181 e. The third-order valence-electron chi connectivity index (χ3n) is 9.26. The molecule has 0 saturated carbocycles. The fraction of sp³-hybridized carbons (Fsp3) is 0.432. The molecule has 0 amide bonds. The van der Waals surface area contributed by atoms with E-state index in [2.05, 4.69) is 44.9 Å². The molecular formula is C37H44N4O5. The van der Waals surface area contributed by atoms with Gasteiger partial charge in [0.05, 0.1) is 11.8 Å². The Morgan fingerprint density at radius 1 is 1.02 bits per heavy atom. The van der Waals surface area contributed by atoms with Crippen molar-refractivity contribution < 1.29 is 23.8 Å². The fourth-order valence-corrected chi connectivity index (χ4v) is 6.47. The normalized spacial score (nSPS) is 16.6. The largest absolute Gasteiger partial charge is 0.490 e. The zero-order valence-electron chi connectivity index (χ0n) is 26.9. The number of oxazole rings is 1. The molecule has 0 radical (unpaired) electrons. The minimum Gasteiger partial charge on any atom is -0.490 e. The molecule has 1 fully saturated rings. The summed E-state index contributed by atoms with van der Waals surface area (Å²) < 4.78 is 17.7. The summed E-state index contributed by atoms with van der Waals surface area (Å²) in [6, 6.07) is 15.7. The van der Waals surface area contributed by atoms with Gasteiger partial charge in [-0.15, -0.1) is 0 Å². The summed E-state index contributed by atoms with van der Waals surface area (Å²) in [4.78, 5) is 25.9. The summed E-state index contributed by atoms with van der Waals surface area (Å²) in [5, 5.41) is 10.8. The SMILES string of the molecule is Cc1ncoc1COc1ccc2c(c1C)CCN(C[C@@H](O)CCC(=O)c1ccc(OC3CCN(Cc4ccncc4)CC3)cc1)C2. The van der Waals surface area contributed by atoms with Crippen LogP contribution in [0.3, 0.4) is 0 Å². The van der Waals surface area contributed by atoms with E-state index in [0.717, 1.165) is 80.5 Å². The van der Waals surface area contributed by atoms with Crippen molar-refractivity contribution in [1.29, 1.82) is 0 Å². The Bertz CT molecular complexity index is 1580. The van der Waals surface area contributed by atoms with Gasteiger partial charge >= 0.3 is 0 Å². The van der Waals surface area contributed by atoms with Crippen molar-refractivity contribution in [3.05, 3.63) is 107 Å². The smallest absolute Gasteiger partial charge is 0.181 e. The van der Waals surface area contributed by atoms with Gasteiger partial charge < -0.3 is 19.0 Å². The highest BCUT2D eigenvalue weighted by Crippen LogP contribution is 2.30. The Kier molecular flexibility index (Phi) is 10.4. The second-order valence-corrected chi connectivity index (χ2v) is 12.5. The third kappa shape index (κ3) is 8.20. The molecule has 2 aromatic carbocycles. The zero-order valence-corrected chi connectivity index (χ0v) is 26.9. The monoisotopic (exact) mass is 624 g/mol. The average Bonchev–Trinajstić information content (AvgIpc) is 3.49. The van der Waals surface area contributed by atoms with Gasteiger partial charge in [-0.05, 0) is 104 Å². The van der Waals surface area contributed by atoms with E-state index in [1.165, 1.54) is 23.1 Å². The number of nitrogens with zero attached hydrogens (tertiary/aromatic N) is 4. The molecule has 2 aliphatic heterocycles. The molecule has 2 aromatic heterocycles. The molecule has 46 heavy (non-hydrogen) atoms. The zero-order chi connectivity index (χ0) is 31.9. The van der Waals surface area contributed by atoms with Crippen LogP contribution in [-0.2, 0) is 26.1 Å². The van der Waals surface area contributed by atoms with Gasteiger partial charge in [-0.2, -0.15) is 0 Å². The molecular weight excluding hydrogens is 580 g/mol. The molecule has 4 heterocycles. The van der Waals surface area contributed by atoms with Crippen LogP contribution in [0.25, 0.3) is 0 Å². The number of β-amino-alcohol motifs (C(OH)–C–C–N with tert-alkyl or cyclic N) is 1. The minimum absolute atomic E-state index is 0.0442. The quantitative estimate of drug-likeness (QED) is 0.188. The second kappa shape index (κ2) is 15.0. The summed E-state index contributed by atoms with van der Waals surface area (Å²) in [5.41, 5.74) is 6.50. The summed E-state index contributed by atoms with van der Waals surface area (Å²) >= 11 is 0. The first-order valence-corrected chi connectivity index (χ1v) is 16.4. The van der Waals surface area contributed by atoms with Gasteiger partial charge in [0.2, 0.25) is 0 Å². The number of hydrogen-bond donors (Lipinski definition) is 1. The topological polar surface area (TPSA) is 101 Å². The number of benzene rings is 2. The number of carbonyl (C=O) groups excluding carboxylic acids is 1. The van der Waals surface area contributed by atoms with Crippen LogP contribution >= 0.6 is 0 Å². The van der Waals surface area contributed by atoms with Crippen molar-refractivity contribution in [2.75, 3.05) is 26.2 Å². The highest BCUT2D eigenvalue weighted by atomic mass is 16.5. The molecule has 9 nitrogen and oxygen atoms in total. The lowest BCUT2D eigenvalue weighted by Gasteiger charge is -2.32. The standard InChI is InChI=1S/C37H44N4O5/c1-26-34-15-20-41(22-30(34)5-10-36(26)44-24-37-27(2)39-25-45-37)23-31(42)6-9-35(43)29-3-7-32(8-4-29)46-33-13-18-40(19-14-33)21-28-11-16-38-17-12-28/h3-5,7-8,10-12,16-17,25,31,33,42H,6,9,13-15,18-24H2,1-2H3/t31-/m0/s1. The first-order chi connectivity index (χ1) is 22.4. The summed E-state index contributed by atoms with van der Waals surface area (Å²) in [7, 11) is 0. The maximum absolute atomic E-state index is 12.9. The Morgan fingerprint density at radius 2 is 1.80 bits per heavy atom. The number of aliphatic hydroxyl groups excluding tert-OH is 1. The van der Waals surface area contributed by atoms with Crippen LogP contribution < -0.4 is 9.47 Å². The van der Waals surface area contributed by atoms with E-state index in [9.17, 15) is 9.90 Å². The summed E-state index contributed by atoms with van der Waals surface area (Å²) in [5.74, 6) is 2.44. The summed E-state index contributed by atoms with van der Waals surface area (Å²) in [6.07, 6.45) is 8.34. The van der Waals surface area contributed by atoms with E-state index >= 15 is 0 Å². The maximum atomic E-state index is 12.9. The molecule has 0 bridgehead atoms. The molecule has 9 heteroatoms. The Balaban J connectivity index is 0.912. The molecule has 1 N–H and O–H groups in total. The molecule has 4 aromatic rings. The van der Waals surface area contributed by atoms with Gasteiger partial charge in [0.1, 0.15) is 24.2 Å². The highest BCUT2D eigenvalue weighted by molar-refractivity contribution is 5.96. The number of hydrogen-bond acceptors (Lipinski definition) is 9. The fourth-order valence-electron chi connectivity index (χ4n) is 6.47. The van der Waals surface area contributed by atoms with Crippen LogP contribution in [-0.4, -0.2) is 69.0 Å². The van der Waals surface area contributed by atoms with Crippen LogP contribution in [0, 0.1) is 13.8 Å². The lowest BCUT2D eigenvalue weighted by molar-refractivity contribution is 0.0836. The third-order valence-corrected chi connectivity index (χ3v) is 9.26. The summed E-state index contributed by atoms with van der Waals surface area (Å²) in [6.45, 7) is 9.47. The number of aliphatic hydroxyl groups is 1. The minimum atomic E-state index is -0.564. The highest BCUT2D eigenvalue weighted by Gasteiger charge is 2.23. The average molecular weight is 625 g/mol. The molecule has 0 spiro atoms. The number of pyridine rings is 1. The van der Waals surface area contributed by atoms with Gasteiger partial charge in [-0.1, -0.05) is 6.07 Å². The van der Waals surface area contributed by atoms with Crippen molar-refractivity contribution in [3.8, 4) is 11.5 Å². The van der Waals surface area contributed by atoms with E-state index in [-0.39, 0.29) is 11.9 Å². The lowest BCUT2D eigenvalue weighted by atomic mass is 9.94. The van der Waals surface area contributed by atoms with E-state index in [1.54, 1.807) is 0 Å². The number of piperidine rings is 1. The van der Waals surface area contributed by atoms with Gasteiger partial charge in [-0.25, -0.2) is 4.98 Å². The van der Waals surface area contributed by atoms with Crippen LogP contribution in [0.2, 0.25) is 0 Å². The van der Waals surface area contributed by atoms with E-state index in [4.69, 9.17) is 13.9 Å². The number of rotatable bonds is 13. The molecule has 0 unspecified atom stereocenters. The molecule has 1 atom stereocenters. The van der Waals surface area contributed by atoms with Crippen LogP contribution in [0.15, 0.2) is 71.7 Å². The Morgan fingerprint density at radius 3 is 2.54 bits per heavy atom. The number of ether oxygens (including phenoxy) is 2. The second-order valence-electron chi connectivity index (χ2n) is 12.5. The predicted molar refractivity (Wildman–Crippen MR) is 175 cm³/mol. The molecule has 2 aliphatic rings. The van der Waals surface area contributed by atoms with E-state index < -0.39 is 6.10 Å². The van der Waals surface area contributed by atoms with E-state index in [1.807, 2.05) is 49.6 Å². The number of fused-ring (bicyclic) bond motifs is 1. The van der Waals surface area contributed by atoms with E-state index in [0.29, 0.717) is 31.6 Å². The number of aromatic nitrogens is 2. The van der Waals surface area contributed by atoms with Gasteiger partial charge in [0.25, 0.3) is 0 Å². The predicted octanol–water partition coefficient (Wildman–Crippen LogP) is 5.69. The van der Waals surface area contributed by atoms with Crippen LogP contribution in [0.5, 0.6) is 11.5 Å². The van der Waals surface area contributed by atoms with Crippen LogP contribution in [0.1, 0.15) is 69.7 Å². The molecule has 242 valence electrons. The first kappa shape index (κ1) is 31.9. The van der Waals surface area contributed by atoms with Gasteiger partial charge in [-0.3, -0.25) is 19.6 Å². The van der Waals surface area contributed by atoms with Gasteiger partial charge in [0, 0.05) is 63.6 Å². The van der Waals surface area contributed by atoms with Crippen molar-refractivity contribution in [1.82, 2.24) is 19.8 Å². The molecule has 6 rings (SSSR count). The van der Waals surface area contributed by atoms with Crippen LogP contribution in [0.4, 0.5) is 0 Å². The van der Waals surface area contributed by atoms with Crippen molar-refractivity contribution in [3.63, 3.8) is 0 Å². The van der Waals surface area contributed by atoms with Crippen molar-refractivity contribution >= 4 is 5.78 Å². The molecule has 0 aliphatic carbocycles. The number of aryl methyl sites for hydroxylation is 1. The number of ketones is 1.